The van der Waals surface area contributed by atoms with Crippen molar-refractivity contribution in [3.8, 4) is 0 Å². The number of carbonyl (C=O) groups excluding carboxylic acids is 3. The van der Waals surface area contributed by atoms with Crippen molar-refractivity contribution >= 4 is 17.9 Å². The minimum absolute atomic E-state index is 0.0931. The van der Waals surface area contributed by atoms with Crippen molar-refractivity contribution < 1.29 is 28.6 Å². The van der Waals surface area contributed by atoms with Gasteiger partial charge < -0.3 is 14.2 Å². The molecule has 0 amide bonds. The lowest BCUT2D eigenvalue weighted by Gasteiger charge is -2.18. The Morgan fingerprint density at radius 3 is 0.772 bits per heavy atom. The van der Waals surface area contributed by atoms with Crippen LogP contribution in [0, 0.1) is 0 Å². The van der Waals surface area contributed by atoms with Crippen LogP contribution in [0.5, 0.6) is 0 Å². The Morgan fingerprint density at radius 2 is 0.494 bits per heavy atom. The first-order valence-corrected chi connectivity index (χ1v) is 32.7. The van der Waals surface area contributed by atoms with Crippen LogP contribution >= 0.6 is 0 Å². The van der Waals surface area contributed by atoms with E-state index in [9.17, 15) is 14.4 Å². The highest BCUT2D eigenvalue weighted by Crippen LogP contribution is 2.15. The topological polar surface area (TPSA) is 78.9 Å². The molecule has 448 valence electrons. The van der Waals surface area contributed by atoms with E-state index in [1.165, 1.54) is 109 Å². The predicted molar refractivity (Wildman–Crippen MR) is 343 cm³/mol. The molecule has 79 heavy (non-hydrogen) atoms. The molecule has 0 aromatic rings. The third-order valence-electron chi connectivity index (χ3n) is 13.6. The summed E-state index contributed by atoms with van der Waals surface area (Å²) in [6.45, 7) is 6.38. The van der Waals surface area contributed by atoms with Gasteiger partial charge in [-0.15, -0.1) is 0 Å². The van der Waals surface area contributed by atoms with E-state index in [0.717, 1.165) is 141 Å². The maximum absolute atomic E-state index is 12.9. The molecule has 1 unspecified atom stereocenters. The minimum Gasteiger partial charge on any atom is -0.462 e. The van der Waals surface area contributed by atoms with Gasteiger partial charge in [-0.3, -0.25) is 14.4 Å². The quantitative estimate of drug-likeness (QED) is 0.0261. The van der Waals surface area contributed by atoms with Gasteiger partial charge in [-0.25, -0.2) is 0 Å². The van der Waals surface area contributed by atoms with E-state index >= 15 is 0 Å². The summed E-state index contributed by atoms with van der Waals surface area (Å²) in [5, 5.41) is 0. The lowest BCUT2D eigenvalue weighted by Crippen LogP contribution is -2.30. The number of hydrogen-bond donors (Lipinski definition) is 0. The van der Waals surface area contributed by atoms with E-state index in [-0.39, 0.29) is 31.1 Å². The van der Waals surface area contributed by atoms with Crippen LogP contribution in [0.2, 0.25) is 0 Å². The summed E-state index contributed by atoms with van der Waals surface area (Å²) in [6.07, 6.45) is 93.0. The summed E-state index contributed by atoms with van der Waals surface area (Å²) in [5.41, 5.74) is 0. The summed E-state index contributed by atoms with van der Waals surface area (Å²) >= 11 is 0. The minimum atomic E-state index is -0.799. The Balaban J connectivity index is 4.45. The molecule has 0 aliphatic heterocycles. The Kier molecular flexibility index (Phi) is 62.3. The number of hydrogen-bond acceptors (Lipinski definition) is 6. The van der Waals surface area contributed by atoms with Crippen LogP contribution in [0.1, 0.15) is 290 Å². The summed E-state index contributed by atoms with van der Waals surface area (Å²) in [5.74, 6) is -0.918. The van der Waals surface area contributed by atoms with Crippen LogP contribution in [-0.4, -0.2) is 37.2 Å². The van der Waals surface area contributed by atoms with Gasteiger partial charge in [0, 0.05) is 19.3 Å². The first kappa shape index (κ1) is 74.5. The predicted octanol–water partition coefficient (Wildman–Crippen LogP) is 22.5. The molecule has 0 radical (unpaired) electrons. The molecule has 0 saturated carbocycles. The summed E-state index contributed by atoms with van der Waals surface area (Å²) < 4.78 is 16.9. The van der Waals surface area contributed by atoms with Crippen molar-refractivity contribution in [2.24, 2.45) is 0 Å². The van der Waals surface area contributed by atoms with Crippen LogP contribution in [0.15, 0.2) is 134 Å². The molecule has 0 rings (SSSR count). The van der Waals surface area contributed by atoms with Crippen molar-refractivity contribution in [2.75, 3.05) is 13.2 Å². The molecule has 0 aromatic heterocycles. The molecule has 6 nitrogen and oxygen atoms in total. The van der Waals surface area contributed by atoms with E-state index in [1.807, 2.05) is 0 Å². The van der Waals surface area contributed by atoms with Gasteiger partial charge in [-0.1, -0.05) is 270 Å². The summed E-state index contributed by atoms with van der Waals surface area (Å²) in [4.78, 5) is 38.4. The molecular weight excluding hydrogens is 973 g/mol. The van der Waals surface area contributed by atoms with Crippen LogP contribution in [-0.2, 0) is 28.6 Å². The molecule has 0 saturated heterocycles. The van der Waals surface area contributed by atoms with Gasteiger partial charge in [0.1, 0.15) is 13.2 Å². The molecule has 0 heterocycles. The first-order valence-electron chi connectivity index (χ1n) is 32.7. The highest BCUT2D eigenvalue weighted by Gasteiger charge is 2.19. The first-order chi connectivity index (χ1) is 39.0. The molecule has 0 aliphatic carbocycles. The maximum Gasteiger partial charge on any atom is 0.306 e. The number of esters is 3. The highest BCUT2D eigenvalue weighted by atomic mass is 16.6. The smallest absolute Gasteiger partial charge is 0.306 e. The Morgan fingerprint density at radius 1 is 0.266 bits per heavy atom. The van der Waals surface area contributed by atoms with Gasteiger partial charge in [0.25, 0.3) is 0 Å². The van der Waals surface area contributed by atoms with E-state index in [4.69, 9.17) is 14.2 Å². The second-order valence-electron chi connectivity index (χ2n) is 21.3. The Bertz CT molecular complexity index is 1680. The van der Waals surface area contributed by atoms with Crippen molar-refractivity contribution in [3.05, 3.63) is 134 Å². The number of unbranched alkanes of at least 4 members (excludes halogenated alkanes) is 25. The monoisotopic (exact) mass is 1090 g/mol. The number of allylic oxidation sites excluding steroid dienone is 22. The van der Waals surface area contributed by atoms with Crippen molar-refractivity contribution in [3.63, 3.8) is 0 Å². The van der Waals surface area contributed by atoms with Crippen molar-refractivity contribution in [1.82, 2.24) is 0 Å². The molecule has 0 bridgehead atoms. The zero-order chi connectivity index (χ0) is 57.1. The highest BCUT2D eigenvalue weighted by molar-refractivity contribution is 5.71. The fourth-order valence-electron chi connectivity index (χ4n) is 8.79. The SMILES string of the molecule is CC/C=C\C/C=C\C/C=C\C/C=C\C/C=C\CCCCCCCCCC(=O)OCC(COC(=O)CCCCCCCCCCC/C=C\C/C=C\CCCCC)OC(=O)CCCCCCCC/C=C\C/C=C\C/C=C\C/C=C\CC. The Labute approximate surface area is 487 Å². The van der Waals surface area contributed by atoms with Gasteiger partial charge in [0.2, 0.25) is 0 Å². The largest absolute Gasteiger partial charge is 0.462 e. The second-order valence-corrected chi connectivity index (χ2v) is 21.3. The average molecular weight is 1090 g/mol. The molecule has 6 heteroatoms. The summed E-state index contributed by atoms with van der Waals surface area (Å²) in [6, 6.07) is 0. The van der Waals surface area contributed by atoms with E-state index < -0.39 is 6.10 Å². The zero-order valence-electron chi connectivity index (χ0n) is 51.3. The summed E-state index contributed by atoms with van der Waals surface area (Å²) in [7, 11) is 0. The molecule has 0 aromatic carbocycles. The van der Waals surface area contributed by atoms with E-state index in [0.29, 0.717) is 19.3 Å². The number of ether oxygens (including phenoxy) is 3. The van der Waals surface area contributed by atoms with E-state index in [1.54, 1.807) is 0 Å². The maximum atomic E-state index is 12.9. The molecule has 1 atom stereocenters. The second kappa shape index (κ2) is 66.1. The van der Waals surface area contributed by atoms with Gasteiger partial charge in [0.15, 0.2) is 6.10 Å². The Hall–Kier alpha value is -4.45. The van der Waals surface area contributed by atoms with Gasteiger partial charge in [0.05, 0.1) is 0 Å². The number of rotatable bonds is 58. The molecule has 0 aliphatic rings. The lowest BCUT2D eigenvalue weighted by atomic mass is 10.1. The third-order valence-corrected chi connectivity index (χ3v) is 13.6. The van der Waals surface area contributed by atoms with E-state index in [2.05, 4.69) is 154 Å². The fraction of sp³-hybridized carbons (Fsp3) is 0.658. The zero-order valence-corrected chi connectivity index (χ0v) is 51.3. The van der Waals surface area contributed by atoms with Crippen LogP contribution in [0.3, 0.4) is 0 Å². The normalized spacial score (nSPS) is 13.0. The van der Waals surface area contributed by atoms with Crippen molar-refractivity contribution in [2.45, 2.75) is 297 Å². The van der Waals surface area contributed by atoms with Gasteiger partial charge in [-0.05, 0) is 135 Å². The molecule has 0 N–H and O–H groups in total. The van der Waals surface area contributed by atoms with Gasteiger partial charge in [-0.2, -0.15) is 0 Å². The van der Waals surface area contributed by atoms with Crippen LogP contribution in [0.4, 0.5) is 0 Å². The standard InChI is InChI=1S/C73H120O6/c1-4-7-10-13-16-19-22-25-28-31-34-35-36-37-40-42-45-48-51-54-57-60-63-66-72(75)78-69-70(79-73(76)67-64-61-58-55-52-49-46-43-39-33-30-27-24-21-18-15-12-9-6-3)68-77-71(74)65-62-59-56-53-50-47-44-41-38-32-29-26-23-20-17-14-11-8-5-2/h7,9-10,12,16-21,25-30,34-35,37,39-40,43,70H,4-6,8,11,13-15,22-24,31-33,36,38,41-42,44-69H2,1-3H3/b10-7-,12-9-,19-16-,20-17-,21-18-,28-25-,29-26-,30-27-,35-34-,40-37-,43-39-. The third kappa shape index (κ3) is 64.3. The van der Waals surface area contributed by atoms with Crippen LogP contribution in [0.25, 0.3) is 0 Å². The van der Waals surface area contributed by atoms with Crippen molar-refractivity contribution in [1.29, 1.82) is 0 Å². The van der Waals surface area contributed by atoms with Gasteiger partial charge >= 0.3 is 17.9 Å². The molecular formula is C73H120O6. The molecule has 0 spiro atoms. The molecule has 0 fully saturated rings. The number of carbonyl (C=O) groups is 3. The van der Waals surface area contributed by atoms with Crippen LogP contribution < -0.4 is 0 Å². The lowest BCUT2D eigenvalue weighted by molar-refractivity contribution is -0.167. The fourth-order valence-corrected chi connectivity index (χ4v) is 8.79. The average Bonchev–Trinajstić information content (AvgIpc) is 3.45.